The fourth-order valence-electron chi connectivity index (χ4n) is 3.57. The molecule has 0 saturated carbocycles. The van der Waals surface area contributed by atoms with Crippen LogP contribution in [0.1, 0.15) is 34.0 Å². The molecule has 27 heavy (non-hydrogen) atoms. The molecule has 1 atom stereocenters. The normalized spacial score (nSPS) is 19.0. The van der Waals surface area contributed by atoms with E-state index in [-0.39, 0.29) is 11.7 Å². The maximum absolute atomic E-state index is 13.6. The Bertz CT molecular complexity index is 1100. The molecule has 0 saturated heterocycles. The minimum absolute atomic E-state index is 0.216. The molecule has 2 heterocycles. The number of Topliss-reactive ketones (excluding diaryl/α,β-unsaturated/α-hetero) is 1. The van der Waals surface area contributed by atoms with Crippen LogP contribution in [0.2, 0.25) is 4.34 Å². The highest BCUT2D eigenvalue weighted by atomic mass is 35.5. The smallest absolute Gasteiger partial charge is 0.243 e. The third-order valence-corrected chi connectivity index (χ3v) is 6.44. The SMILES string of the molecule is Cc1cccc(-c2c(Cl)sc3c2C(=O)C(C)(c2cccc(C)c2)C(=O)N3)c1. The molecule has 0 radical (unpaired) electrons. The number of fused-ring (bicyclic) bond motifs is 1. The molecule has 3 aromatic rings. The fraction of sp³-hybridized carbons (Fsp3) is 0.182. The molecule has 0 aliphatic carbocycles. The first-order chi connectivity index (χ1) is 12.8. The fourth-order valence-corrected chi connectivity index (χ4v) is 4.94. The number of benzene rings is 2. The van der Waals surface area contributed by atoms with E-state index >= 15 is 0 Å². The van der Waals surface area contributed by atoms with Gasteiger partial charge >= 0.3 is 0 Å². The van der Waals surface area contributed by atoms with Gasteiger partial charge in [-0.1, -0.05) is 71.3 Å². The Morgan fingerprint density at radius 3 is 2.30 bits per heavy atom. The number of thiophene rings is 1. The second-order valence-electron chi connectivity index (χ2n) is 7.10. The van der Waals surface area contributed by atoms with Crippen LogP contribution < -0.4 is 5.32 Å². The van der Waals surface area contributed by atoms with Crippen molar-refractivity contribution in [2.45, 2.75) is 26.2 Å². The van der Waals surface area contributed by atoms with Gasteiger partial charge < -0.3 is 5.32 Å². The number of aryl methyl sites for hydroxylation is 2. The third-order valence-electron chi connectivity index (χ3n) is 5.13. The molecule has 3 nitrogen and oxygen atoms in total. The van der Waals surface area contributed by atoms with Crippen LogP contribution in [-0.4, -0.2) is 11.7 Å². The summed E-state index contributed by atoms with van der Waals surface area (Å²) in [5.74, 6) is -0.536. The molecule has 2 aromatic carbocycles. The van der Waals surface area contributed by atoms with Crippen LogP contribution in [0, 0.1) is 13.8 Å². The van der Waals surface area contributed by atoms with E-state index in [9.17, 15) is 9.59 Å². The lowest BCUT2D eigenvalue weighted by atomic mass is 9.72. The van der Waals surface area contributed by atoms with Crippen LogP contribution in [-0.2, 0) is 10.2 Å². The highest BCUT2D eigenvalue weighted by Gasteiger charge is 2.49. The second-order valence-corrected chi connectivity index (χ2v) is 8.72. The van der Waals surface area contributed by atoms with E-state index in [0.717, 1.165) is 16.7 Å². The first-order valence-corrected chi connectivity index (χ1v) is 9.84. The summed E-state index contributed by atoms with van der Waals surface area (Å²) in [7, 11) is 0. The third kappa shape index (κ3) is 2.71. The van der Waals surface area contributed by atoms with Crippen LogP contribution in [0.15, 0.2) is 48.5 Å². The van der Waals surface area contributed by atoms with Gasteiger partial charge in [0.15, 0.2) is 5.78 Å². The van der Waals surface area contributed by atoms with Gasteiger partial charge in [-0.15, -0.1) is 11.3 Å². The molecule has 1 aliphatic rings. The summed E-state index contributed by atoms with van der Waals surface area (Å²) < 4.78 is 0.507. The van der Waals surface area contributed by atoms with Crippen LogP contribution in [0.25, 0.3) is 11.1 Å². The van der Waals surface area contributed by atoms with Gasteiger partial charge in [0, 0.05) is 5.56 Å². The van der Waals surface area contributed by atoms with Gasteiger partial charge in [-0.05, 0) is 31.9 Å². The van der Waals surface area contributed by atoms with Crippen molar-refractivity contribution in [3.05, 3.63) is 75.1 Å². The Balaban J connectivity index is 1.94. The summed E-state index contributed by atoms with van der Waals surface area (Å²) >= 11 is 7.75. The van der Waals surface area contributed by atoms with Crippen molar-refractivity contribution < 1.29 is 9.59 Å². The number of hydrogen-bond donors (Lipinski definition) is 1. The average molecular weight is 396 g/mol. The summed E-state index contributed by atoms with van der Waals surface area (Å²) in [5.41, 5.74) is 3.56. The van der Waals surface area contributed by atoms with E-state index in [1.165, 1.54) is 11.3 Å². The average Bonchev–Trinajstić information content (AvgIpc) is 2.95. The van der Waals surface area contributed by atoms with Crippen molar-refractivity contribution >= 4 is 39.6 Å². The molecule has 0 fully saturated rings. The van der Waals surface area contributed by atoms with E-state index < -0.39 is 5.41 Å². The van der Waals surface area contributed by atoms with Crippen molar-refractivity contribution in [2.24, 2.45) is 0 Å². The molecule has 1 aliphatic heterocycles. The van der Waals surface area contributed by atoms with Gasteiger partial charge in [0.25, 0.3) is 0 Å². The monoisotopic (exact) mass is 395 g/mol. The lowest BCUT2D eigenvalue weighted by molar-refractivity contribution is -0.119. The van der Waals surface area contributed by atoms with E-state index in [2.05, 4.69) is 5.32 Å². The zero-order valence-electron chi connectivity index (χ0n) is 15.2. The van der Waals surface area contributed by atoms with E-state index in [0.29, 0.717) is 26.0 Å². The van der Waals surface area contributed by atoms with Gasteiger partial charge in [0.05, 0.1) is 5.56 Å². The number of hydrogen-bond acceptors (Lipinski definition) is 3. The van der Waals surface area contributed by atoms with Gasteiger partial charge in [0.2, 0.25) is 5.91 Å². The van der Waals surface area contributed by atoms with Crippen LogP contribution in [0.4, 0.5) is 5.00 Å². The Hall–Kier alpha value is -2.43. The van der Waals surface area contributed by atoms with E-state index in [4.69, 9.17) is 11.6 Å². The molecule has 0 bridgehead atoms. The number of amides is 1. The number of halogens is 1. The first kappa shape index (κ1) is 18.0. The zero-order valence-corrected chi connectivity index (χ0v) is 16.8. The molecular weight excluding hydrogens is 378 g/mol. The predicted octanol–water partition coefficient (Wildman–Crippen LogP) is 5.78. The van der Waals surface area contributed by atoms with Crippen LogP contribution in [0.5, 0.6) is 0 Å². The summed E-state index contributed by atoms with van der Waals surface area (Å²) in [5, 5.41) is 3.44. The van der Waals surface area contributed by atoms with Crippen molar-refractivity contribution in [1.82, 2.24) is 0 Å². The first-order valence-electron chi connectivity index (χ1n) is 8.65. The maximum atomic E-state index is 13.6. The summed E-state index contributed by atoms with van der Waals surface area (Å²) in [6.45, 7) is 5.63. The minimum atomic E-state index is -1.29. The molecule has 5 heteroatoms. The molecule has 1 amide bonds. The lowest BCUT2D eigenvalue weighted by Crippen LogP contribution is -2.48. The van der Waals surface area contributed by atoms with Gasteiger partial charge in [0.1, 0.15) is 14.8 Å². The van der Waals surface area contributed by atoms with Gasteiger partial charge in [-0.2, -0.15) is 0 Å². The molecule has 1 aromatic heterocycles. The molecular formula is C22H18ClNO2S. The van der Waals surface area contributed by atoms with Gasteiger partial charge in [-0.25, -0.2) is 0 Å². The van der Waals surface area contributed by atoms with E-state index in [1.807, 2.05) is 62.4 Å². The number of ketones is 1. The number of anilines is 1. The topological polar surface area (TPSA) is 46.2 Å². The Kier molecular flexibility index (Phi) is 4.21. The van der Waals surface area contributed by atoms with Gasteiger partial charge in [-0.3, -0.25) is 9.59 Å². The minimum Gasteiger partial charge on any atom is -0.316 e. The predicted molar refractivity (Wildman–Crippen MR) is 111 cm³/mol. The Labute approximate surface area is 167 Å². The number of nitrogens with one attached hydrogen (secondary N) is 1. The van der Waals surface area contributed by atoms with Crippen molar-refractivity contribution in [3.63, 3.8) is 0 Å². The van der Waals surface area contributed by atoms with Crippen LogP contribution >= 0.6 is 22.9 Å². The molecule has 136 valence electrons. The maximum Gasteiger partial charge on any atom is 0.243 e. The number of carbonyl (C=O) groups excluding carboxylic acids is 2. The lowest BCUT2D eigenvalue weighted by Gasteiger charge is -2.32. The molecule has 0 spiro atoms. The van der Waals surface area contributed by atoms with Crippen LogP contribution in [0.3, 0.4) is 0 Å². The molecule has 4 rings (SSSR count). The largest absolute Gasteiger partial charge is 0.316 e. The summed E-state index contributed by atoms with van der Waals surface area (Å²) in [4.78, 5) is 26.6. The second kappa shape index (κ2) is 6.32. The van der Waals surface area contributed by atoms with Crippen molar-refractivity contribution in [2.75, 3.05) is 5.32 Å². The Morgan fingerprint density at radius 2 is 1.63 bits per heavy atom. The summed E-state index contributed by atoms with van der Waals surface area (Å²) in [6, 6.07) is 15.4. The van der Waals surface area contributed by atoms with Crippen molar-refractivity contribution in [3.8, 4) is 11.1 Å². The number of carbonyl (C=O) groups is 2. The molecule has 1 unspecified atom stereocenters. The molecule has 1 N–H and O–H groups in total. The van der Waals surface area contributed by atoms with Crippen molar-refractivity contribution in [1.29, 1.82) is 0 Å². The number of rotatable bonds is 2. The highest BCUT2D eigenvalue weighted by Crippen LogP contribution is 2.49. The van der Waals surface area contributed by atoms with E-state index in [1.54, 1.807) is 6.92 Å². The highest BCUT2D eigenvalue weighted by molar-refractivity contribution is 7.21. The summed E-state index contributed by atoms with van der Waals surface area (Å²) in [6.07, 6.45) is 0. The zero-order chi connectivity index (χ0) is 19.3. The quantitative estimate of drug-likeness (QED) is 0.559. The Morgan fingerprint density at radius 1 is 0.963 bits per heavy atom. The standard InChI is InChI=1S/C22H18ClNO2S/c1-12-6-4-8-14(10-12)16-17-18(25)22(3,15-9-5-7-13(2)11-15)21(26)24-20(17)27-19(16)23/h4-11H,1-3H3,(H,24,26).